The monoisotopic (exact) mass is 456 g/mol. The van der Waals surface area contributed by atoms with Gasteiger partial charge in [0.05, 0.1) is 17.5 Å². The number of hydrogen-bond donors (Lipinski definition) is 2. The van der Waals surface area contributed by atoms with E-state index in [-0.39, 0.29) is 41.8 Å². The van der Waals surface area contributed by atoms with Crippen molar-refractivity contribution in [2.75, 3.05) is 19.7 Å². The number of halogens is 2. The second-order valence-electron chi connectivity index (χ2n) is 8.05. The molecule has 8 nitrogen and oxygen atoms in total. The van der Waals surface area contributed by atoms with Crippen LogP contribution in [0.25, 0.3) is 22.2 Å². The number of primary amides is 1. The molecule has 3 aromatic rings. The van der Waals surface area contributed by atoms with Crippen molar-refractivity contribution >= 4 is 17.0 Å². The molecule has 0 saturated carbocycles. The Hall–Kier alpha value is -3.55. The molecule has 0 aliphatic carbocycles. The van der Waals surface area contributed by atoms with Gasteiger partial charge >= 0.3 is 5.76 Å². The number of fused-ring (bicyclic) bond motifs is 1. The largest absolute Gasteiger partial charge is 0.419 e. The second kappa shape index (κ2) is 8.77. The Morgan fingerprint density at radius 2 is 2.12 bits per heavy atom. The van der Waals surface area contributed by atoms with E-state index in [0.29, 0.717) is 18.5 Å². The van der Waals surface area contributed by atoms with Crippen molar-refractivity contribution in [2.45, 2.75) is 18.4 Å². The molecule has 1 fully saturated rings. The fourth-order valence-electron chi connectivity index (χ4n) is 4.11. The van der Waals surface area contributed by atoms with Crippen LogP contribution in [0.4, 0.5) is 8.78 Å². The molecule has 1 saturated heterocycles. The van der Waals surface area contributed by atoms with E-state index in [1.54, 1.807) is 0 Å². The smallest absolute Gasteiger partial charge is 0.408 e. The van der Waals surface area contributed by atoms with Crippen LogP contribution in [-0.4, -0.2) is 35.8 Å². The molecule has 1 aromatic heterocycles. The predicted molar refractivity (Wildman–Crippen MR) is 115 cm³/mol. The minimum atomic E-state index is -1.58. The number of nitrogens with two attached hydrogens (primary N) is 1. The summed E-state index contributed by atoms with van der Waals surface area (Å²) in [6.07, 6.45) is 0.527. The summed E-state index contributed by atoms with van der Waals surface area (Å²) in [5.41, 5.74) is 4.96. The Bertz CT molecular complexity index is 1320. The van der Waals surface area contributed by atoms with E-state index < -0.39 is 34.8 Å². The average molecular weight is 456 g/mol. The van der Waals surface area contributed by atoms with Gasteiger partial charge in [0.1, 0.15) is 11.6 Å². The number of oxazole rings is 1. The van der Waals surface area contributed by atoms with Gasteiger partial charge in [0.2, 0.25) is 0 Å². The minimum absolute atomic E-state index is 0.0505. The molecular weight excluding hydrogens is 434 g/mol. The summed E-state index contributed by atoms with van der Waals surface area (Å²) in [5.74, 6) is -3.81. The van der Waals surface area contributed by atoms with Gasteiger partial charge in [0.25, 0.3) is 5.91 Å². The molecule has 1 amide bonds. The Kier molecular flexibility index (Phi) is 6.01. The van der Waals surface area contributed by atoms with E-state index in [1.165, 1.54) is 29.8 Å². The van der Waals surface area contributed by atoms with Gasteiger partial charge < -0.3 is 20.2 Å². The summed E-state index contributed by atoms with van der Waals surface area (Å²) in [4.78, 5) is 23.9. The lowest BCUT2D eigenvalue weighted by molar-refractivity contribution is -0.147. The maximum absolute atomic E-state index is 15.1. The highest BCUT2D eigenvalue weighted by Gasteiger charge is 2.46. The highest BCUT2D eigenvalue weighted by Crippen LogP contribution is 2.31. The Morgan fingerprint density at radius 3 is 2.82 bits per heavy atom. The van der Waals surface area contributed by atoms with Gasteiger partial charge in [-0.15, -0.1) is 0 Å². The first-order valence-corrected chi connectivity index (χ1v) is 10.4. The molecule has 0 spiro atoms. The molecule has 10 heteroatoms. The topological polar surface area (TPSA) is 123 Å². The summed E-state index contributed by atoms with van der Waals surface area (Å²) in [6.45, 7) is 0.900. The number of nitrogens with zero attached hydrogens (tertiary/aromatic N) is 2. The number of carbonyl (C=O) groups excluding carboxylic acids is 1. The molecule has 0 radical (unpaired) electrons. The summed E-state index contributed by atoms with van der Waals surface area (Å²) in [5, 5.41) is 12.8. The molecule has 172 valence electrons. The molecule has 33 heavy (non-hydrogen) atoms. The third-order valence-corrected chi connectivity index (χ3v) is 6.05. The molecule has 2 atom stereocenters. The number of ether oxygens (including phenoxy) is 1. The fraction of sp³-hybridized carbons (Fsp3) is 0.348. The molecule has 0 bridgehead atoms. The third-order valence-electron chi connectivity index (χ3n) is 6.05. The van der Waals surface area contributed by atoms with Gasteiger partial charge in [0, 0.05) is 31.8 Å². The van der Waals surface area contributed by atoms with Crippen molar-refractivity contribution in [1.29, 1.82) is 5.26 Å². The van der Waals surface area contributed by atoms with Gasteiger partial charge in [-0.3, -0.25) is 9.36 Å². The molecule has 2 heterocycles. The van der Waals surface area contributed by atoms with Crippen LogP contribution in [-0.2, 0) is 23.0 Å². The number of nitriles is 1. The second-order valence-corrected chi connectivity index (χ2v) is 8.05. The van der Waals surface area contributed by atoms with Gasteiger partial charge in [-0.2, -0.15) is 5.26 Å². The minimum Gasteiger partial charge on any atom is -0.408 e. The van der Waals surface area contributed by atoms with E-state index >= 15 is 4.39 Å². The van der Waals surface area contributed by atoms with Crippen molar-refractivity contribution < 1.29 is 22.7 Å². The number of hydrogen-bond acceptors (Lipinski definition) is 6. The number of aryl methyl sites for hydroxylation is 1. The number of aromatic nitrogens is 1. The van der Waals surface area contributed by atoms with Crippen molar-refractivity contribution in [3.8, 4) is 17.2 Å². The molecule has 4 rings (SSSR count). The van der Waals surface area contributed by atoms with Gasteiger partial charge in [-0.25, -0.2) is 13.6 Å². The highest BCUT2D eigenvalue weighted by atomic mass is 19.1. The first kappa shape index (κ1) is 22.6. The Labute approximate surface area is 187 Å². The summed E-state index contributed by atoms with van der Waals surface area (Å²) < 4.78 is 41.6. The van der Waals surface area contributed by atoms with E-state index in [0.717, 1.165) is 12.1 Å². The van der Waals surface area contributed by atoms with E-state index in [1.807, 2.05) is 6.07 Å². The molecule has 2 aromatic carbocycles. The lowest BCUT2D eigenvalue weighted by atomic mass is 9.82. The number of nitrogens with one attached hydrogen (secondary N) is 1. The fourth-order valence-corrected chi connectivity index (χ4v) is 4.11. The molecule has 3 N–H and O–H groups in total. The van der Waals surface area contributed by atoms with Crippen LogP contribution in [0, 0.1) is 28.9 Å². The SMILES string of the molecule is Cn1c(=O)oc2cc(F)c(-c3ccc(C[C@@H](C#N)C4(C(N)=O)CNCCCO4)c(F)c3)cc21. The summed E-state index contributed by atoms with van der Waals surface area (Å²) >= 11 is 0. The highest BCUT2D eigenvalue weighted by molar-refractivity contribution is 5.85. The predicted octanol–water partition coefficient (Wildman–Crippen LogP) is 1.99. The maximum atomic E-state index is 15.1. The summed E-state index contributed by atoms with van der Waals surface area (Å²) in [6, 6.07) is 8.63. The Balaban J connectivity index is 1.68. The zero-order valence-electron chi connectivity index (χ0n) is 17.9. The van der Waals surface area contributed by atoms with E-state index in [2.05, 4.69) is 5.32 Å². The normalized spacial score (nSPS) is 19.7. The van der Waals surface area contributed by atoms with Crippen LogP contribution >= 0.6 is 0 Å². The van der Waals surface area contributed by atoms with Crippen LogP contribution in [0.1, 0.15) is 12.0 Å². The van der Waals surface area contributed by atoms with Gasteiger partial charge in [-0.1, -0.05) is 12.1 Å². The number of carbonyl (C=O) groups is 1. The average Bonchev–Trinajstić information content (AvgIpc) is 2.95. The molecular formula is C23H22F2N4O4. The van der Waals surface area contributed by atoms with Crippen LogP contribution in [0.15, 0.2) is 39.5 Å². The van der Waals surface area contributed by atoms with E-state index in [4.69, 9.17) is 14.9 Å². The molecule has 1 aliphatic heterocycles. The lowest BCUT2D eigenvalue weighted by Gasteiger charge is -2.33. The van der Waals surface area contributed by atoms with Crippen molar-refractivity contribution in [3.05, 3.63) is 58.1 Å². The van der Waals surface area contributed by atoms with Gasteiger partial charge in [-0.05, 0) is 42.6 Å². The Morgan fingerprint density at radius 1 is 1.33 bits per heavy atom. The maximum Gasteiger partial charge on any atom is 0.419 e. The molecule has 1 aliphatic rings. The quantitative estimate of drug-likeness (QED) is 0.605. The zero-order valence-corrected chi connectivity index (χ0v) is 17.9. The van der Waals surface area contributed by atoms with Crippen LogP contribution < -0.4 is 16.8 Å². The van der Waals surface area contributed by atoms with Crippen LogP contribution in [0.3, 0.4) is 0 Å². The number of rotatable bonds is 5. The number of benzene rings is 2. The molecule has 1 unspecified atom stereocenters. The van der Waals surface area contributed by atoms with Crippen molar-refractivity contribution in [1.82, 2.24) is 9.88 Å². The first-order valence-electron chi connectivity index (χ1n) is 10.4. The van der Waals surface area contributed by atoms with Crippen LogP contribution in [0.5, 0.6) is 0 Å². The van der Waals surface area contributed by atoms with Crippen molar-refractivity contribution in [3.63, 3.8) is 0 Å². The zero-order chi connectivity index (χ0) is 23.8. The summed E-state index contributed by atoms with van der Waals surface area (Å²) in [7, 11) is 1.49. The van der Waals surface area contributed by atoms with E-state index in [9.17, 15) is 19.2 Å². The third kappa shape index (κ3) is 4.01. The van der Waals surface area contributed by atoms with Crippen molar-refractivity contribution in [2.24, 2.45) is 18.7 Å². The van der Waals surface area contributed by atoms with Gasteiger partial charge in [0.15, 0.2) is 11.2 Å². The standard InChI is InChI=1S/C23H22F2N4O4/c1-29-19-9-16(18(25)10-20(19)33-22(29)31)13-3-4-14(17(24)8-13)7-15(11-26)23(21(27)30)12-28-5-2-6-32-23/h3-4,8-10,15,28H,2,5-7,12H2,1H3,(H2,27,30)/t15-,23?/m0/s1. The first-order chi connectivity index (χ1) is 15.8. The van der Waals surface area contributed by atoms with Crippen LogP contribution in [0.2, 0.25) is 0 Å². The number of amides is 1. The lowest BCUT2D eigenvalue weighted by Crippen LogP contribution is -2.57.